The zero-order valence-corrected chi connectivity index (χ0v) is 13.5. The van der Waals surface area contributed by atoms with Crippen molar-refractivity contribution in [3.63, 3.8) is 0 Å². The second-order valence-corrected chi connectivity index (χ2v) is 6.20. The molecule has 0 unspecified atom stereocenters. The lowest BCUT2D eigenvalue weighted by molar-refractivity contribution is -0.125. The van der Waals surface area contributed by atoms with Gasteiger partial charge in [-0.05, 0) is 30.7 Å². The van der Waals surface area contributed by atoms with Gasteiger partial charge in [-0.25, -0.2) is 4.79 Å². The Hall–Kier alpha value is -2.04. The minimum Gasteiger partial charge on any atom is -0.354 e. The fourth-order valence-corrected chi connectivity index (χ4v) is 2.70. The summed E-state index contributed by atoms with van der Waals surface area (Å²) in [6, 6.07) is 7.54. The summed E-state index contributed by atoms with van der Waals surface area (Å²) in [6.07, 6.45) is 0.885. The lowest BCUT2D eigenvalue weighted by Gasteiger charge is -2.29. The molecular formula is C17H25N3O2. The normalized spacial score (nSPS) is 22.6. The predicted octanol–water partition coefficient (Wildman–Crippen LogP) is 1.92. The van der Waals surface area contributed by atoms with Gasteiger partial charge < -0.3 is 16.0 Å². The molecule has 3 amide bonds. The monoisotopic (exact) mass is 303 g/mol. The van der Waals surface area contributed by atoms with Gasteiger partial charge in [0.05, 0.1) is 0 Å². The molecule has 1 aliphatic rings. The Morgan fingerprint density at radius 2 is 2.23 bits per heavy atom. The average molecular weight is 303 g/mol. The number of piperidine rings is 1. The van der Waals surface area contributed by atoms with Crippen molar-refractivity contribution in [2.24, 2.45) is 5.92 Å². The SMILES string of the molecule is Cc1cccc([C@H](C)CNC(=O)N[C@H]2C(=O)NCC[C@@H]2C)c1. The molecular weight excluding hydrogens is 278 g/mol. The second kappa shape index (κ2) is 7.29. The van der Waals surface area contributed by atoms with Crippen LogP contribution in [0.25, 0.3) is 0 Å². The van der Waals surface area contributed by atoms with E-state index in [-0.39, 0.29) is 23.8 Å². The molecule has 1 aromatic rings. The van der Waals surface area contributed by atoms with Crippen molar-refractivity contribution in [1.29, 1.82) is 0 Å². The van der Waals surface area contributed by atoms with E-state index in [1.165, 1.54) is 11.1 Å². The number of hydrogen-bond donors (Lipinski definition) is 3. The van der Waals surface area contributed by atoms with Crippen LogP contribution in [0.1, 0.15) is 37.3 Å². The van der Waals surface area contributed by atoms with Gasteiger partial charge >= 0.3 is 6.03 Å². The molecule has 1 heterocycles. The first-order valence-electron chi connectivity index (χ1n) is 7.86. The summed E-state index contributed by atoms with van der Waals surface area (Å²) in [5.74, 6) is 0.289. The van der Waals surface area contributed by atoms with Gasteiger partial charge in [0.2, 0.25) is 5.91 Å². The lowest BCUT2D eigenvalue weighted by Crippen LogP contribution is -2.56. The molecule has 2 rings (SSSR count). The highest BCUT2D eigenvalue weighted by Gasteiger charge is 2.29. The summed E-state index contributed by atoms with van der Waals surface area (Å²) in [5.41, 5.74) is 2.41. The minimum atomic E-state index is -0.442. The van der Waals surface area contributed by atoms with E-state index in [9.17, 15) is 9.59 Å². The number of benzene rings is 1. The van der Waals surface area contributed by atoms with Crippen molar-refractivity contribution in [2.45, 2.75) is 39.2 Å². The highest BCUT2D eigenvalue weighted by atomic mass is 16.2. The van der Waals surface area contributed by atoms with Crippen LogP contribution >= 0.6 is 0 Å². The van der Waals surface area contributed by atoms with Gasteiger partial charge in [-0.3, -0.25) is 4.79 Å². The Morgan fingerprint density at radius 3 is 2.91 bits per heavy atom. The Morgan fingerprint density at radius 1 is 1.45 bits per heavy atom. The van der Waals surface area contributed by atoms with Gasteiger partial charge in [-0.1, -0.05) is 43.7 Å². The standard InChI is InChI=1S/C17H25N3O2/c1-11-5-4-6-14(9-11)13(3)10-19-17(22)20-15-12(2)7-8-18-16(15)21/h4-6,9,12-13,15H,7-8,10H2,1-3H3,(H,18,21)(H2,19,20,22)/t12-,13+,15+/m0/s1. The van der Waals surface area contributed by atoms with E-state index in [1.54, 1.807) is 0 Å². The van der Waals surface area contributed by atoms with Gasteiger partial charge in [0.25, 0.3) is 0 Å². The highest BCUT2D eigenvalue weighted by molar-refractivity contribution is 5.87. The number of aryl methyl sites for hydroxylation is 1. The van der Waals surface area contributed by atoms with Crippen molar-refractivity contribution in [2.75, 3.05) is 13.1 Å². The van der Waals surface area contributed by atoms with Crippen LogP contribution in [0.2, 0.25) is 0 Å². The van der Waals surface area contributed by atoms with Gasteiger partial charge in [-0.2, -0.15) is 0 Å². The Labute approximate surface area is 131 Å². The fourth-order valence-electron chi connectivity index (χ4n) is 2.70. The largest absolute Gasteiger partial charge is 0.354 e. The zero-order chi connectivity index (χ0) is 16.1. The third-order valence-electron chi connectivity index (χ3n) is 4.22. The van der Waals surface area contributed by atoms with E-state index in [2.05, 4.69) is 48.0 Å². The van der Waals surface area contributed by atoms with E-state index in [1.807, 2.05) is 13.0 Å². The molecule has 1 aromatic carbocycles. The van der Waals surface area contributed by atoms with E-state index in [0.717, 1.165) is 6.42 Å². The fraction of sp³-hybridized carbons (Fsp3) is 0.529. The third-order valence-corrected chi connectivity index (χ3v) is 4.22. The maximum absolute atomic E-state index is 12.0. The van der Waals surface area contributed by atoms with Crippen LogP contribution in [0, 0.1) is 12.8 Å². The topological polar surface area (TPSA) is 70.2 Å². The molecule has 0 radical (unpaired) electrons. The van der Waals surface area contributed by atoms with Crippen LogP contribution in [0.15, 0.2) is 24.3 Å². The van der Waals surface area contributed by atoms with Crippen LogP contribution < -0.4 is 16.0 Å². The van der Waals surface area contributed by atoms with Crippen molar-refractivity contribution >= 4 is 11.9 Å². The van der Waals surface area contributed by atoms with Crippen LogP contribution in [0.4, 0.5) is 4.79 Å². The molecule has 22 heavy (non-hydrogen) atoms. The molecule has 5 nitrogen and oxygen atoms in total. The van der Waals surface area contributed by atoms with Crippen molar-refractivity contribution in [3.05, 3.63) is 35.4 Å². The number of urea groups is 1. The van der Waals surface area contributed by atoms with Crippen molar-refractivity contribution < 1.29 is 9.59 Å². The van der Waals surface area contributed by atoms with Gasteiger partial charge in [-0.15, -0.1) is 0 Å². The maximum Gasteiger partial charge on any atom is 0.315 e. The number of carbonyl (C=O) groups is 2. The van der Waals surface area contributed by atoms with Crippen molar-refractivity contribution in [3.8, 4) is 0 Å². The van der Waals surface area contributed by atoms with Crippen LogP contribution in [-0.2, 0) is 4.79 Å². The first kappa shape index (κ1) is 16.3. The first-order valence-corrected chi connectivity index (χ1v) is 7.86. The zero-order valence-electron chi connectivity index (χ0n) is 13.5. The first-order chi connectivity index (χ1) is 10.5. The molecule has 0 saturated carbocycles. The van der Waals surface area contributed by atoms with Crippen LogP contribution in [0.5, 0.6) is 0 Å². The number of nitrogens with one attached hydrogen (secondary N) is 3. The average Bonchev–Trinajstić information content (AvgIpc) is 2.48. The van der Waals surface area contributed by atoms with E-state index in [0.29, 0.717) is 13.1 Å². The molecule has 0 bridgehead atoms. The summed E-state index contributed by atoms with van der Waals surface area (Å²) >= 11 is 0. The molecule has 1 fully saturated rings. The number of rotatable bonds is 4. The molecule has 3 atom stereocenters. The molecule has 0 spiro atoms. The second-order valence-electron chi connectivity index (χ2n) is 6.20. The van der Waals surface area contributed by atoms with E-state index in [4.69, 9.17) is 0 Å². The summed E-state index contributed by atoms with van der Waals surface area (Å²) in [7, 11) is 0. The molecule has 120 valence electrons. The Kier molecular flexibility index (Phi) is 5.41. The van der Waals surface area contributed by atoms with Gasteiger partial charge in [0.1, 0.15) is 6.04 Å². The molecule has 0 aliphatic carbocycles. The minimum absolute atomic E-state index is 0.0966. The molecule has 1 saturated heterocycles. The quantitative estimate of drug-likeness (QED) is 0.795. The number of carbonyl (C=O) groups excluding carboxylic acids is 2. The van der Waals surface area contributed by atoms with Crippen molar-refractivity contribution in [1.82, 2.24) is 16.0 Å². The number of amides is 3. The third kappa shape index (κ3) is 4.23. The Balaban J connectivity index is 1.83. The van der Waals surface area contributed by atoms with E-state index >= 15 is 0 Å². The lowest BCUT2D eigenvalue weighted by atomic mass is 9.94. The summed E-state index contributed by atoms with van der Waals surface area (Å²) in [5, 5.41) is 8.42. The van der Waals surface area contributed by atoms with E-state index < -0.39 is 6.04 Å². The summed E-state index contributed by atoms with van der Waals surface area (Å²) < 4.78 is 0. The molecule has 0 aromatic heterocycles. The van der Waals surface area contributed by atoms with Gasteiger partial charge in [0, 0.05) is 13.1 Å². The summed E-state index contributed by atoms with van der Waals surface area (Å²) in [6.45, 7) is 7.34. The highest BCUT2D eigenvalue weighted by Crippen LogP contribution is 2.15. The Bertz CT molecular complexity index is 544. The molecule has 1 aliphatic heterocycles. The van der Waals surface area contributed by atoms with Crippen LogP contribution in [0.3, 0.4) is 0 Å². The molecule has 3 N–H and O–H groups in total. The maximum atomic E-state index is 12.0. The summed E-state index contributed by atoms with van der Waals surface area (Å²) in [4.78, 5) is 23.8. The van der Waals surface area contributed by atoms with Gasteiger partial charge in [0.15, 0.2) is 0 Å². The molecule has 5 heteroatoms. The smallest absolute Gasteiger partial charge is 0.315 e. The van der Waals surface area contributed by atoms with Crippen LogP contribution in [-0.4, -0.2) is 31.1 Å². The predicted molar refractivity (Wildman–Crippen MR) is 86.7 cm³/mol. The number of hydrogen-bond acceptors (Lipinski definition) is 2.